The largest absolute Gasteiger partial charge is 0.497 e. The molecule has 0 atom stereocenters. The number of aromatic nitrogens is 2. The third-order valence-electron chi connectivity index (χ3n) is 2.72. The number of hydrogen-bond acceptors (Lipinski definition) is 5. The van der Waals surface area contributed by atoms with Crippen molar-refractivity contribution in [3.05, 3.63) is 35.1 Å². The summed E-state index contributed by atoms with van der Waals surface area (Å²) in [5.74, 6) is 2.62. The minimum absolute atomic E-state index is 0.194. The lowest BCUT2D eigenvalue weighted by atomic mass is 10.2. The lowest BCUT2D eigenvalue weighted by Crippen LogP contribution is -2.05. The van der Waals surface area contributed by atoms with E-state index >= 15 is 0 Å². The molecular formula is C14H17ClN4O. The zero-order chi connectivity index (χ0) is 14.7. The summed E-state index contributed by atoms with van der Waals surface area (Å²) in [6.45, 7) is 4.02. The van der Waals surface area contributed by atoms with Crippen molar-refractivity contribution in [3.8, 4) is 5.75 Å². The topological polar surface area (TPSA) is 73.1 Å². The van der Waals surface area contributed by atoms with E-state index in [9.17, 15) is 0 Å². The number of nitrogens with one attached hydrogen (secondary N) is 1. The van der Waals surface area contributed by atoms with E-state index in [1.807, 2.05) is 13.8 Å². The van der Waals surface area contributed by atoms with Gasteiger partial charge in [-0.2, -0.15) is 0 Å². The van der Waals surface area contributed by atoms with Gasteiger partial charge in [0.15, 0.2) is 0 Å². The van der Waals surface area contributed by atoms with Gasteiger partial charge in [-0.1, -0.05) is 25.4 Å². The number of benzene rings is 1. The number of nitrogen functional groups attached to an aromatic ring is 1. The van der Waals surface area contributed by atoms with Crippen molar-refractivity contribution < 1.29 is 4.74 Å². The van der Waals surface area contributed by atoms with Gasteiger partial charge in [-0.05, 0) is 12.1 Å². The van der Waals surface area contributed by atoms with Crippen LogP contribution in [0.15, 0.2) is 24.3 Å². The Morgan fingerprint density at radius 1 is 1.25 bits per heavy atom. The van der Waals surface area contributed by atoms with Crippen LogP contribution >= 0.6 is 11.6 Å². The average molecular weight is 293 g/mol. The monoisotopic (exact) mass is 292 g/mol. The highest BCUT2D eigenvalue weighted by molar-refractivity contribution is 6.33. The molecule has 0 saturated heterocycles. The normalized spacial score (nSPS) is 10.7. The predicted molar refractivity (Wildman–Crippen MR) is 81.8 cm³/mol. The molecule has 0 bridgehead atoms. The van der Waals surface area contributed by atoms with Gasteiger partial charge in [-0.25, -0.2) is 9.97 Å². The summed E-state index contributed by atoms with van der Waals surface area (Å²) in [5.41, 5.74) is 6.50. The van der Waals surface area contributed by atoms with Crippen molar-refractivity contribution in [2.45, 2.75) is 19.8 Å². The van der Waals surface area contributed by atoms with Crippen LogP contribution in [-0.2, 0) is 0 Å². The second kappa shape index (κ2) is 5.96. The van der Waals surface area contributed by atoms with Crippen molar-refractivity contribution in [2.75, 3.05) is 18.2 Å². The molecule has 0 spiro atoms. The second-order valence-electron chi connectivity index (χ2n) is 4.66. The molecule has 1 aromatic carbocycles. The Hall–Kier alpha value is -2.01. The summed E-state index contributed by atoms with van der Waals surface area (Å²) < 4.78 is 5.18. The van der Waals surface area contributed by atoms with E-state index in [0.29, 0.717) is 33.9 Å². The van der Waals surface area contributed by atoms with Crippen LogP contribution < -0.4 is 15.8 Å². The van der Waals surface area contributed by atoms with Crippen LogP contribution in [0.1, 0.15) is 25.6 Å². The van der Waals surface area contributed by atoms with Gasteiger partial charge in [0, 0.05) is 18.1 Å². The Morgan fingerprint density at radius 2 is 2.00 bits per heavy atom. The van der Waals surface area contributed by atoms with Crippen LogP contribution in [0.2, 0.25) is 5.02 Å². The molecule has 6 heteroatoms. The molecular weight excluding hydrogens is 276 g/mol. The first kappa shape index (κ1) is 14.4. The van der Waals surface area contributed by atoms with E-state index in [4.69, 9.17) is 22.1 Å². The van der Waals surface area contributed by atoms with E-state index in [2.05, 4.69) is 15.3 Å². The van der Waals surface area contributed by atoms with Gasteiger partial charge in [-0.15, -0.1) is 0 Å². The third-order valence-corrected chi connectivity index (χ3v) is 3.05. The van der Waals surface area contributed by atoms with E-state index in [-0.39, 0.29) is 5.92 Å². The van der Waals surface area contributed by atoms with Crippen molar-refractivity contribution >= 4 is 28.9 Å². The molecule has 0 aliphatic rings. The summed E-state index contributed by atoms with van der Waals surface area (Å²) in [6.07, 6.45) is 0. The molecule has 20 heavy (non-hydrogen) atoms. The van der Waals surface area contributed by atoms with E-state index < -0.39 is 0 Å². The summed E-state index contributed by atoms with van der Waals surface area (Å²) in [5, 5.41) is 3.72. The lowest BCUT2D eigenvalue weighted by molar-refractivity contribution is 0.415. The van der Waals surface area contributed by atoms with Crippen LogP contribution in [0.4, 0.5) is 17.3 Å². The first-order valence-corrected chi connectivity index (χ1v) is 6.62. The molecule has 1 aromatic heterocycles. The Labute approximate surface area is 123 Å². The number of rotatable bonds is 4. The van der Waals surface area contributed by atoms with E-state index in [0.717, 1.165) is 0 Å². The number of nitrogens with two attached hydrogens (primary N) is 1. The minimum Gasteiger partial charge on any atom is -0.497 e. The predicted octanol–water partition coefficient (Wildman–Crippen LogP) is 3.59. The molecule has 3 N–H and O–H groups in total. The van der Waals surface area contributed by atoms with Crippen molar-refractivity contribution in [1.29, 1.82) is 0 Å². The van der Waals surface area contributed by atoms with Crippen LogP contribution in [0, 0.1) is 0 Å². The first-order chi connectivity index (χ1) is 9.49. The molecule has 106 valence electrons. The molecule has 2 rings (SSSR count). The fourth-order valence-electron chi connectivity index (χ4n) is 1.67. The maximum Gasteiger partial charge on any atom is 0.136 e. The molecule has 2 aromatic rings. The SMILES string of the molecule is COc1ccc(Cl)c(Nc2cc(N)nc(C(C)C)n2)c1. The van der Waals surface area contributed by atoms with Gasteiger partial charge >= 0.3 is 0 Å². The van der Waals surface area contributed by atoms with Gasteiger partial charge in [-0.3, -0.25) is 0 Å². The fourth-order valence-corrected chi connectivity index (χ4v) is 1.84. The van der Waals surface area contributed by atoms with Gasteiger partial charge in [0.1, 0.15) is 23.2 Å². The van der Waals surface area contributed by atoms with E-state index in [1.54, 1.807) is 31.4 Å². The highest BCUT2D eigenvalue weighted by atomic mass is 35.5. The van der Waals surface area contributed by atoms with Crippen LogP contribution in [-0.4, -0.2) is 17.1 Å². The number of nitrogens with zero attached hydrogens (tertiary/aromatic N) is 2. The van der Waals surface area contributed by atoms with Gasteiger partial charge in [0.25, 0.3) is 0 Å². The lowest BCUT2D eigenvalue weighted by Gasteiger charge is -2.12. The van der Waals surface area contributed by atoms with Crippen molar-refractivity contribution in [2.24, 2.45) is 0 Å². The van der Waals surface area contributed by atoms with Crippen molar-refractivity contribution in [3.63, 3.8) is 0 Å². The average Bonchev–Trinajstić information content (AvgIpc) is 2.40. The number of anilines is 3. The first-order valence-electron chi connectivity index (χ1n) is 6.24. The molecule has 0 unspecified atom stereocenters. The summed E-state index contributed by atoms with van der Waals surface area (Å²) in [6, 6.07) is 7.02. The molecule has 0 amide bonds. The van der Waals surface area contributed by atoms with Crippen molar-refractivity contribution in [1.82, 2.24) is 9.97 Å². The van der Waals surface area contributed by atoms with E-state index in [1.165, 1.54) is 0 Å². The maximum absolute atomic E-state index is 6.15. The maximum atomic E-state index is 6.15. The van der Waals surface area contributed by atoms with Gasteiger partial charge in [0.2, 0.25) is 0 Å². The molecule has 0 aliphatic heterocycles. The number of ether oxygens (including phenoxy) is 1. The standard InChI is InChI=1S/C14H17ClN4O/c1-8(2)14-18-12(16)7-13(19-14)17-11-6-9(20-3)4-5-10(11)15/h4-8H,1-3H3,(H3,16,17,18,19). The zero-order valence-electron chi connectivity index (χ0n) is 11.6. The fraction of sp³-hybridized carbons (Fsp3) is 0.286. The Morgan fingerprint density at radius 3 is 2.65 bits per heavy atom. The molecule has 0 saturated carbocycles. The Bertz CT molecular complexity index is 616. The molecule has 0 aliphatic carbocycles. The molecule has 5 nitrogen and oxygen atoms in total. The van der Waals surface area contributed by atoms with Gasteiger partial charge < -0.3 is 15.8 Å². The Kier molecular flexibility index (Phi) is 4.29. The molecule has 0 fully saturated rings. The quantitative estimate of drug-likeness (QED) is 0.901. The third kappa shape index (κ3) is 3.30. The van der Waals surface area contributed by atoms with Crippen LogP contribution in [0.5, 0.6) is 5.75 Å². The Balaban J connectivity index is 2.34. The zero-order valence-corrected chi connectivity index (χ0v) is 12.4. The second-order valence-corrected chi connectivity index (χ2v) is 5.07. The highest BCUT2D eigenvalue weighted by Gasteiger charge is 2.09. The highest BCUT2D eigenvalue weighted by Crippen LogP contribution is 2.29. The molecule has 0 radical (unpaired) electrons. The van der Waals surface area contributed by atoms with Gasteiger partial charge in [0.05, 0.1) is 17.8 Å². The number of halogens is 1. The number of methoxy groups -OCH3 is 1. The summed E-state index contributed by atoms with van der Waals surface area (Å²) in [7, 11) is 1.60. The molecule has 1 heterocycles. The number of hydrogen-bond donors (Lipinski definition) is 2. The smallest absolute Gasteiger partial charge is 0.136 e. The minimum atomic E-state index is 0.194. The van der Waals surface area contributed by atoms with Crippen LogP contribution in [0.3, 0.4) is 0 Å². The summed E-state index contributed by atoms with van der Waals surface area (Å²) in [4.78, 5) is 8.62. The summed E-state index contributed by atoms with van der Waals surface area (Å²) >= 11 is 6.15. The van der Waals surface area contributed by atoms with Crippen LogP contribution in [0.25, 0.3) is 0 Å².